The van der Waals surface area contributed by atoms with Crippen LogP contribution in [0.2, 0.25) is 0 Å². The molecule has 0 saturated heterocycles. The Labute approximate surface area is 72.1 Å². The van der Waals surface area contributed by atoms with Crippen LogP contribution in [-0.2, 0) is 0 Å². The van der Waals surface area contributed by atoms with Crippen molar-refractivity contribution in [2.45, 2.75) is 19.3 Å². The van der Waals surface area contributed by atoms with E-state index in [0.29, 0.717) is 6.42 Å². The number of aromatic hydroxyl groups is 1. The van der Waals surface area contributed by atoms with Crippen molar-refractivity contribution in [3.63, 3.8) is 0 Å². The van der Waals surface area contributed by atoms with Gasteiger partial charge in [0.1, 0.15) is 5.75 Å². The van der Waals surface area contributed by atoms with Crippen molar-refractivity contribution in [1.82, 2.24) is 0 Å². The van der Waals surface area contributed by atoms with Gasteiger partial charge < -0.3 is 5.11 Å². The summed E-state index contributed by atoms with van der Waals surface area (Å²) in [6.45, 7) is 1.97. The van der Waals surface area contributed by atoms with Crippen molar-refractivity contribution < 1.29 is 5.11 Å². The van der Waals surface area contributed by atoms with Crippen LogP contribution in [0, 0.1) is 11.3 Å². The van der Waals surface area contributed by atoms with Gasteiger partial charge in [0.15, 0.2) is 0 Å². The molecule has 12 heavy (non-hydrogen) atoms. The minimum absolute atomic E-state index is 0.196. The first-order valence-corrected chi connectivity index (χ1v) is 3.90. The number of hydrogen-bond acceptors (Lipinski definition) is 2. The zero-order valence-corrected chi connectivity index (χ0v) is 6.99. The normalized spacial score (nSPS) is 12.0. The summed E-state index contributed by atoms with van der Waals surface area (Å²) < 4.78 is 0. The highest BCUT2D eigenvalue weighted by Gasteiger charge is 2.04. The summed E-state index contributed by atoms with van der Waals surface area (Å²) in [4.78, 5) is 0. The van der Waals surface area contributed by atoms with Crippen LogP contribution >= 0.6 is 0 Å². The number of hydrogen-bond donors (Lipinski definition) is 1. The highest BCUT2D eigenvalue weighted by atomic mass is 16.3. The van der Waals surface area contributed by atoms with Crippen LogP contribution in [0.4, 0.5) is 0 Å². The fourth-order valence-corrected chi connectivity index (χ4v) is 1.09. The maximum Gasteiger partial charge on any atom is 0.115 e. The minimum Gasteiger partial charge on any atom is -0.508 e. The van der Waals surface area contributed by atoms with Crippen molar-refractivity contribution >= 4 is 0 Å². The molecule has 1 aromatic carbocycles. The van der Waals surface area contributed by atoms with Crippen molar-refractivity contribution in [2.75, 3.05) is 0 Å². The number of phenolic OH excluding ortho intramolecular Hbond substituents is 1. The van der Waals surface area contributed by atoms with E-state index in [9.17, 15) is 0 Å². The van der Waals surface area contributed by atoms with Crippen LogP contribution in [0.3, 0.4) is 0 Å². The van der Waals surface area contributed by atoms with Crippen LogP contribution in [0.25, 0.3) is 0 Å². The molecule has 1 unspecified atom stereocenters. The first kappa shape index (κ1) is 8.61. The number of phenols is 1. The summed E-state index contributed by atoms with van der Waals surface area (Å²) >= 11 is 0. The summed E-state index contributed by atoms with van der Waals surface area (Å²) in [5.41, 5.74) is 1.01. The Hall–Kier alpha value is -1.49. The monoisotopic (exact) mass is 161 g/mol. The van der Waals surface area contributed by atoms with Gasteiger partial charge in [0.25, 0.3) is 0 Å². The quantitative estimate of drug-likeness (QED) is 0.723. The molecule has 0 fully saturated rings. The highest BCUT2D eigenvalue weighted by molar-refractivity contribution is 5.29. The van der Waals surface area contributed by atoms with Gasteiger partial charge in [-0.15, -0.1) is 0 Å². The Balaban J connectivity index is 2.82. The summed E-state index contributed by atoms with van der Waals surface area (Å²) in [7, 11) is 0. The molecule has 1 atom stereocenters. The van der Waals surface area contributed by atoms with E-state index in [1.54, 1.807) is 18.2 Å². The standard InChI is InChI=1S/C10H11NO/c1-8(5-6-11)9-3-2-4-10(12)7-9/h2-4,7-8,12H,5H2,1H3. The Morgan fingerprint density at radius 2 is 2.33 bits per heavy atom. The first-order chi connectivity index (χ1) is 5.74. The van der Waals surface area contributed by atoms with Crippen LogP contribution in [0.15, 0.2) is 24.3 Å². The molecule has 0 aliphatic rings. The van der Waals surface area contributed by atoms with Gasteiger partial charge >= 0.3 is 0 Å². The van der Waals surface area contributed by atoms with E-state index in [-0.39, 0.29) is 11.7 Å². The maximum atomic E-state index is 9.15. The van der Waals surface area contributed by atoms with Crippen molar-refractivity contribution in [3.8, 4) is 11.8 Å². The topological polar surface area (TPSA) is 44.0 Å². The highest BCUT2D eigenvalue weighted by Crippen LogP contribution is 2.21. The lowest BCUT2D eigenvalue weighted by atomic mass is 9.98. The average Bonchev–Trinajstić information content (AvgIpc) is 2.05. The number of benzene rings is 1. The molecule has 0 radical (unpaired) electrons. The molecule has 1 N–H and O–H groups in total. The maximum absolute atomic E-state index is 9.15. The van der Waals surface area contributed by atoms with Gasteiger partial charge in [-0.2, -0.15) is 5.26 Å². The Morgan fingerprint density at radius 3 is 2.92 bits per heavy atom. The second-order valence-electron chi connectivity index (χ2n) is 2.86. The largest absolute Gasteiger partial charge is 0.508 e. The summed E-state index contributed by atoms with van der Waals surface area (Å²) in [5.74, 6) is 0.458. The summed E-state index contributed by atoms with van der Waals surface area (Å²) in [6.07, 6.45) is 0.490. The van der Waals surface area contributed by atoms with E-state index in [2.05, 4.69) is 6.07 Å². The lowest BCUT2D eigenvalue weighted by Gasteiger charge is -2.06. The summed E-state index contributed by atoms with van der Waals surface area (Å²) in [5, 5.41) is 17.6. The predicted octanol–water partition coefficient (Wildman–Crippen LogP) is 2.41. The molecule has 1 rings (SSSR count). The van der Waals surface area contributed by atoms with Gasteiger partial charge in [0, 0.05) is 6.42 Å². The van der Waals surface area contributed by atoms with Crippen LogP contribution in [0.5, 0.6) is 5.75 Å². The second kappa shape index (κ2) is 3.77. The molecule has 0 aromatic heterocycles. The molecular weight excluding hydrogens is 150 g/mol. The molecule has 1 aromatic rings. The molecular formula is C10H11NO. The number of nitriles is 1. The number of nitrogens with zero attached hydrogens (tertiary/aromatic N) is 1. The van der Waals surface area contributed by atoms with Gasteiger partial charge in [-0.25, -0.2) is 0 Å². The lowest BCUT2D eigenvalue weighted by Crippen LogP contribution is -1.90. The fourth-order valence-electron chi connectivity index (χ4n) is 1.09. The minimum atomic E-state index is 0.196. The molecule has 0 aliphatic heterocycles. The summed E-state index contributed by atoms with van der Waals surface area (Å²) in [6, 6.07) is 9.14. The van der Waals surface area contributed by atoms with Gasteiger partial charge in [-0.3, -0.25) is 0 Å². The Bertz CT molecular complexity index is 301. The van der Waals surface area contributed by atoms with Crippen molar-refractivity contribution in [2.24, 2.45) is 0 Å². The molecule has 0 saturated carbocycles. The molecule has 2 nitrogen and oxygen atoms in total. The molecule has 2 heteroatoms. The van der Waals surface area contributed by atoms with Gasteiger partial charge in [0.05, 0.1) is 6.07 Å². The number of rotatable bonds is 2. The lowest BCUT2D eigenvalue weighted by molar-refractivity contribution is 0.474. The predicted molar refractivity (Wildman–Crippen MR) is 46.8 cm³/mol. The van der Waals surface area contributed by atoms with Gasteiger partial charge in [-0.1, -0.05) is 19.1 Å². The van der Waals surface area contributed by atoms with E-state index >= 15 is 0 Å². The van der Waals surface area contributed by atoms with Crippen LogP contribution in [-0.4, -0.2) is 5.11 Å². The third-order valence-corrected chi connectivity index (χ3v) is 1.84. The first-order valence-electron chi connectivity index (χ1n) is 3.90. The molecule has 0 spiro atoms. The van der Waals surface area contributed by atoms with E-state index < -0.39 is 0 Å². The molecule has 0 heterocycles. The fraction of sp³-hybridized carbons (Fsp3) is 0.300. The van der Waals surface area contributed by atoms with Crippen molar-refractivity contribution in [1.29, 1.82) is 5.26 Å². The molecule has 0 amide bonds. The zero-order chi connectivity index (χ0) is 8.97. The third-order valence-electron chi connectivity index (χ3n) is 1.84. The van der Waals surface area contributed by atoms with E-state index in [0.717, 1.165) is 5.56 Å². The van der Waals surface area contributed by atoms with E-state index in [4.69, 9.17) is 10.4 Å². The molecule has 62 valence electrons. The van der Waals surface area contributed by atoms with Crippen LogP contribution < -0.4 is 0 Å². The van der Waals surface area contributed by atoms with E-state index in [1.807, 2.05) is 13.0 Å². The van der Waals surface area contributed by atoms with Crippen LogP contribution in [0.1, 0.15) is 24.8 Å². The zero-order valence-electron chi connectivity index (χ0n) is 6.99. The molecule has 0 bridgehead atoms. The third kappa shape index (κ3) is 2.00. The van der Waals surface area contributed by atoms with Gasteiger partial charge in [0.2, 0.25) is 0 Å². The molecule has 0 aliphatic carbocycles. The second-order valence-corrected chi connectivity index (χ2v) is 2.86. The van der Waals surface area contributed by atoms with Gasteiger partial charge in [-0.05, 0) is 23.6 Å². The Morgan fingerprint density at radius 1 is 1.58 bits per heavy atom. The van der Waals surface area contributed by atoms with Crippen molar-refractivity contribution in [3.05, 3.63) is 29.8 Å². The van der Waals surface area contributed by atoms with E-state index in [1.165, 1.54) is 0 Å². The SMILES string of the molecule is CC(CC#N)c1cccc(O)c1. The average molecular weight is 161 g/mol. The Kier molecular flexibility index (Phi) is 2.71. The smallest absolute Gasteiger partial charge is 0.115 e.